The smallest absolute Gasteiger partial charge is 0.356 e. The van der Waals surface area contributed by atoms with Crippen LogP contribution in [-0.4, -0.2) is 40.3 Å². The third kappa shape index (κ3) is 2.90. The summed E-state index contributed by atoms with van der Waals surface area (Å²) in [6.45, 7) is 4.44. The van der Waals surface area contributed by atoms with Crippen LogP contribution in [-0.2, 0) is 4.74 Å². The molecule has 0 spiro atoms. The van der Waals surface area contributed by atoms with Crippen LogP contribution in [0, 0.1) is 0 Å². The number of carboxylic acids is 1. The van der Waals surface area contributed by atoms with Crippen LogP contribution in [0.4, 0.5) is 5.69 Å². The number of nitrogens with one attached hydrogen (secondary N) is 1. The summed E-state index contributed by atoms with van der Waals surface area (Å²) in [7, 11) is 1.69. The van der Waals surface area contributed by atoms with Gasteiger partial charge in [-0.05, 0) is 19.3 Å². The van der Waals surface area contributed by atoms with Gasteiger partial charge in [0.2, 0.25) is 0 Å². The van der Waals surface area contributed by atoms with Crippen molar-refractivity contribution in [1.82, 2.24) is 9.97 Å². The second-order valence-electron chi connectivity index (χ2n) is 5.54. The van der Waals surface area contributed by atoms with Crippen LogP contribution in [0.1, 0.15) is 55.3 Å². The van der Waals surface area contributed by atoms with Crippen molar-refractivity contribution in [1.29, 1.82) is 0 Å². The van der Waals surface area contributed by atoms with Crippen LogP contribution in [0.3, 0.4) is 0 Å². The summed E-state index contributed by atoms with van der Waals surface area (Å²) in [5.74, 6) is -0.408. The van der Waals surface area contributed by atoms with Gasteiger partial charge in [0.05, 0.1) is 17.5 Å². The summed E-state index contributed by atoms with van der Waals surface area (Å²) >= 11 is 0. The van der Waals surface area contributed by atoms with Crippen molar-refractivity contribution in [3.05, 3.63) is 17.7 Å². The number of methoxy groups -OCH3 is 1. The van der Waals surface area contributed by atoms with Gasteiger partial charge in [-0.2, -0.15) is 0 Å². The predicted octanol–water partition coefficient (Wildman–Crippen LogP) is 2.28. The molecule has 1 heterocycles. The summed E-state index contributed by atoms with van der Waals surface area (Å²) in [6, 6.07) is 0. The van der Waals surface area contributed by atoms with E-state index in [4.69, 9.17) is 4.74 Å². The minimum Gasteiger partial charge on any atom is -0.476 e. The van der Waals surface area contributed by atoms with Gasteiger partial charge in [-0.15, -0.1) is 0 Å². The number of rotatable bonds is 6. The standard InChI is InChI=1S/C14H21N3O3/c1-9(2)12-15-7-10(11(17-12)13(18)19)16-8-14(20-3)5-4-6-14/h7,9,16H,4-6,8H2,1-3H3,(H,18,19). The SMILES string of the molecule is COC1(CNc2cnc(C(C)C)nc2C(=O)O)CCC1. The van der Waals surface area contributed by atoms with Crippen molar-refractivity contribution in [2.45, 2.75) is 44.6 Å². The van der Waals surface area contributed by atoms with Crippen LogP contribution >= 0.6 is 0 Å². The van der Waals surface area contributed by atoms with Crippen molar-refractivity contribution < 1.29 is 14.6 Å². The van der Waals surface area contributed by atoms with Crippen molar-refractivity contribution in [3.63, 3.8) is 0 Å². The minimum atomic E-state index is -1.04. The van der Waals surface area contributed by atoms with E-state index in [0.717, 1.165) is 19.3 Å². The van der Waals surface area contributed by atoms with Gasteiger partial charge in [-0.1, -0.05) is 13.8 Å². The average Bonchev–Trinajstić information content (AvgIpc) is 2.37. The summed E-state index contributed by atoms with van der Waals surface area (Å²) in [4.78, 5) is 19.7. The highest BCUT2D eigenvalue weighted by molar-refractivity contribution is 5.91. The van der Waals surface area contributed by atoms with Gasteiger partial charge in [0.15, 0.2) is 5.69 Å². The van der Waals surface area contributed by atoms with Crippen LogP contribution in [0.25, 0.3) is 0 Å². The monoisotopic (exact) mass is 279 g/mol. The first-order chi connectivity index (χ1) is 9.47. The molecule has 0 amide bonds. The summed E-state index contributed by atoms with van der Waals surface area (Å²) in [5.41, 5.74) is 0.298. The van der Waals surface area contributed by atoms with Crippen molar-refractivity contribution >= 4 is 11.7 Å². The number of aromatic carboxylic acids is 1. The minimum absolute atomic E-state index is 0.0225. The fourth-order valence-electron chi connectivity index (χ4n) is 2.25. The van der Waals surface area contributed by atoms with Crippen molar-refractivity contribution in [2.75, 3.05) is 19.0 Å². The Bertz CT molecular complexity index is 493. The number of nitrogens with zero attached hydrogens (tertiary/aromatic N) is 2. The molecule has 0 aliphatic heterocycles. The normalized spacial score (nSPS) is 16.8. The van der Waals surface area contributed by atoms with E-state index in [1.54, 1.807) is 13.3 Å². The highest BCUT2D eigenvalue weighted by Crippen LogP contribution is 2.35. The molecule has 0 radical (unpaired) electrons. The van der Waals surface area contributed by atoms with E-state index in [2.05, 4.69) is 15.3 Å². The molecule has 1 fully saturated rings. The van der Waals surface area contributed by atoms with E-state index < -0.39 is 5.97 Å². The molecule has 2 rings (SSSR count). The van der Waals surface area contributed by atoms with E-state index >= 15 is 0 Å². The van der Waals surface area contributed by atoms with E-state index in [1.807, 2.05) is 13.8 Å². The Morgan fingerprint density at radius 2 is 2.25 bits per heavy atom. The summed E-state index contributed by atoms with van der Waals surface area (Å²) in [5, 5.41) is 12.4. The number of ether oxygens (including phenoxy) is 1. The molecule has 6 nitrogen and oxygen atoms in total. The second-order valence-corrected chi connectivity index (χ2v) is 5.54. The molecule has 20 heavy (non-hydrogen) atoms. The predicted molar refractivity (Wildman–Crippen MR) is 75.2 cm³/mol. The molecule has 0 bridgehead atoms. The zero-order valence-electron chi connectivity index (χ0n) is 12.1. The molecule has 2 N–H and O–H groups in total. The Balaban J connectivity index is 2.16. The Morgan fingerprint density at radius 1 is 1.55 bits per heavy atom. The van der Waals surface area contributed by atoms with Gasteiger partial charge in [-0.3, -0.25) is 0 Å². The van der Waals surface area contributed by atoms with Crippen LogP contribution < -0.4 is 5.32 Å². The average molecular weight is 279 g/mol. The lowest BCUT2D eigenvalue weighted by molar-refractivity contribution is -0.0601. The number of carbonyl (C=O) groups is 1. The molecule has 1 aromatic heterocycles. The third-order valence-corrected chi connectivity index (χ3v) is 3.83. The van der Waals surface area contributed by atoms with Crippen molar-refractivity contribution in [2.24, 2.45) is 0 Å². The first-order valence-electron chi connectivity index (χ1n) is 6.87. The fourth-order valence-corrected chi connectivity index (χ4v) is 2.25. The molecule has 1 aromatic rings. The number of hydrogen-bond acceptors (Lipinski definition) is 5. The lowest BCUT2D eigenvalue weighted by Gasteiger charge is -2.40. The molecule has 1 aliphatic carbocycles. The molecule has 110 valence electrons. The molecule has 0 saturated heterocycles. The van der Waals surface area contributed by atoms with Crippen molar-refractivity contribution in [3.8, 4) is 0 Å². The zero-order valence-corrected chi connectivity index (χ0v) is 12.1. The first-order valence-corrected chi connectivity index (χ1v) is 6.87. The lowest BCUT2D eigenvalue weighted by atomic mass is 9.80. The second kappa shape index (κ2) is 5.75. The van der Waals surface area contributed by atoms with E-state index in [0.29, 0.717) is 18.1 Å². The van der Waals surface area contributed by atoms with Gasteiger partial charge in [0, 0.05) is 19.6 Å². The number of hydrogen-bond donors (Lipinski definition) is 2. The van der Waals surface area contributed by atoms with E-state index in [-0.39, 0.29) is 17.2 Å². The molecule has 1 aliphatic rings. The molecule has 0 unspecified atom stereocenters. The molecule has 6 heteroatoms. The topological polar surface area (TPSA) is 84.3 Å². The number of carboxylic acid groups (broad SMARTS) is 1. The fraction of sp³-hybridized carbons (Fsp3) is 0.643. The Labute approximate surface area is 118 Å². The Hall–Kier alpha value is -1.69. The van der Waals surface area contributed by atoms with Crippen LogP contribution in [0.2, 0.25) is 0 Å². The number of anilines is 1. The zero-order chi connectivity index (χ0) is 14.8. The Kier molecular flexibility index (Phi) is 4.23. The Morgan fingerprint density at radius 3 is 2.70 bits per heavy atom. The molecule has 0 atom stereocenters. The highest BCUT2D eigenvalue weighted by atomic mass is 16.5. The maximum atomic E-state index is 11.3. The maximum absolute atomic E-state index is 11.3. The van der Waals surface area contributed by atoms with Gasteiger partial charge < -0.3 is 15.2 Å². The van der Waals surface area contributed by atoms with Crippen LogP contribution in [0.15, 0.2) is 6.20 Å². The van der Waals surface area contributed by atoms with Gasteiger partial charge >= 0.3 is 5.97 Å². The van der Waals surface area contributed by atoms with Crippen LogP contribution in [0.5, 0.6) is 0 Å². The molecular formula is C14H21N3O3. The maximum Gasteiger partial charge on any atom is 0.356 e. The molecule has 1 saturated carbocycles. The van der Waals surface area contributed by atoms with Gasteiger partial charge in [-0.25, -0.2) is 14.8 Å². The van der Waals surface area contributed by atoms with E-state index in [1.165, 1.54) is 0 Å². The number of aromatic nitrogens is 2. The lowest BCUT2D eigenvalue weighted by Crippen LogP contribution is -2.45. The van der Waals surface area contributed by atoms with E-state index in [9.17, 15) is 9.90 Å². The molecule has 0 aromatic carbocycles. The quantitative estimate of drug-likeness (QED) is 0.831. The molecular weight excluding hydrogens is 258 g/mol. The first kappa shape index (κ1) is 14.7. The summed E-state index contributed by atoms with van der Waals surface area (Å²) in [6.07, 6.45) is 4.67. The summed E-state index contributed by atoms with van der Waals surface area (Å²) < 4.78 is 5.51. The van der Waals surface area contributed by atoms with Gasteiger partial charge in [0.25, 0.3) is 0 Å². The van der Waals surface area contributed by atoms with Gasteiger partial charge in [0.1, 0.15) is 5.82 Å². The third-order valence-electron chi connectivity index (χ3n) is 3.83. The highest BCUT2D eigenvalue weighted by Gasteiger charge is 2.37. The largest absolute Gasteiger partial charge is 0.476 e.